The van der Waals surface area contributed by atoms with Gasteiger partial charge in [-0.25, -0.2) is 0 Å². The van der Waals surface area contributed by atoms with Gasteiger partial charge in [0.15, 0.2) is 0 Å². The number of carbonyl (C=O) groups is 1. The molecule has 0 bridgehead atoms. The van der Waals surface area contributed by atoms with Crippen molar-refractivity contribution in [2.45, 2.75) is 18.7 Å². The molecule has 5 nitrogen and oxygen atoms in total. The minimum atomic E-state index is -0.0659. The SMILES string of the molecule is Cc1ccc(SCC(=O)Nc2cccc(-c3nnc(-c4ccccc4C)o3)c2)cc1. The van der Waals surface area contributed by atoms with E-state index in [-0.39, 0.29) is 5.91 Å². The molecular formula is C24H21N3O2S. The van der Waals surface area contributed by atoms with E-state index in [1.807, 2.05) is 86.6 Å². The second kappa shape index (κ2) is 8.97. The van der Waals surface area contributed by atoms with Crippen LogP contribution in [-0.2, 0) is 4.79 Å². The van der Waals surface area contributed by atoms with Crippen molar-refractivity contribution < 1.29 is 9.21 Å². The Labute approximate surface area is 179 Å². The molecule has 6 heteroatoms. The second-order valence-corrected chi connectivity index (χ2v) is 8.01. The van der Waals surface area contributed by atoms with Crippen molar-refractivity contribution in [1.82, 2.24) is 10.2 Å². The lowest BCUT2D eigenvalue weighted by molar-refractivity contribution is -0.113. The fourth-order valence-electron chi connectivity index (χ4n) is 2.97. The molecule has 1 aromatic heterocycles. The number of aromatic nitrogens is 2. The minimum Gasteiger partial charge on any atom is -0.416 e. The quantitative estimate of drug-likeness (QED) is 0.406. The number of hydrogen-bond donors (Lipinski definition) is 1. The molecule has 0 aliphatic carbocycles. The molecule has 0 aliphatic heterocycles. The van der Waals surface area contributed by atoms with Crippen LogP contribution in [0.1, 0.15) is 11.1 Å². The monoisotopic (exact) mass is 415 g/mol. The lowest BCUT2D eigenvalue weighted by atomic mass is 10.1. The fraction of sp³-hybridized carbons (Fsp3) is 0.125. The molecule has 0 unspecified atom stereocenters. The van der Waals surface area contributed by atoms with Crippen LogP contribution in [0.25, 0.3) is 22.9 Å². The van der Waals surface area contributed by atoms with Crippen molar-refractivity contribution >= 4 is 23.4 Å². The first-order valence-corrected chi connectivity index (χ1v) is 10.6. The molecule has 0 spiro atoms. The van der Waals surface area contributed by atoms with Crippen LogP contribution in [0.3, 0.4) is 0 Å². The maximum Gasteiger partial charge on any atom is 0.248 e. The Morgan fingerprint density at radius 1 is 0.933 bits per heavy atom. The highest BCUT2D eigenvalue weighted by atomic mass is 32.2. The highest BCUT2D eigenvalue weighted by Crippen LogP contribution is 2.27. The standard InChI is InChI=1S/C24H21N3O2S/c1-16-10-12-20(13-11-16)30-15-22(28)25-19-8-5-7-18(14-19)23-26-27-24(29-23)21-9-4-3-6-17(21)2/h3-14H,15H2,1-2H3,(H,25,28). The van der Waals surface area contributed by atoms with Gasteiger partial charge in [-0.2, -0.15) is 0 Å². The van der Waals surface area contributed by atoms with Crippen LogP contribution in [0.2, 0.25) is 0 Å². The van der Waals surface area contributed by atoms with Gasteiger partial charge >= 0.3 is 0 Å². The van der Waals surface area contributed by atoms with Gasteiger partial charge in [0, 0.05) is 21.7 Å². The molecule has 30 heavy (non-hydrogen) atoms. The van der Waals surface area contributed by atoms with Crippen LogP contribution in [0.15, 0.2) is 82.1 Å². The summed E-state index contributed by atoms with van der Waals surface area (Å²) in [6.07, 6.45) is 0. The van der Waals surface area contributed by atoms with Crippen LogP contribution in [0.5, 0.6) is 0 Å². The average Bonchev–Trinajstić information content (AvgIpc) is 3.24. The number of rotatable bonds is 6. The Bertz CT molecular complexity index is 1170. The van der Waals surface area contributed by atoms with E-state index in [0.29, 0.717) is 23.2 Å². The topological polar surface area (TPSA) is 68.0 Å². The third-order valence-corrected chi connectivity index (χ3v) is 5.60. The van der Waals surface area contributed by atoms with E-state index in [2.05, 4.69) is 15.5 Å². The summed E-state index contributed by atoms with van der Waals surface area (Å²) in [7, 11) is 0. The van der Waals surface area contributed by atoms with Crippen LogP contribution < -0.4 is 5.32 Å². The number of benzene rings is 3. The zero-order valence-corrected chi connectivity index (χ0v) is 17.6. The number of anilines is 1. The van der Waals surface area contributed by atoms with E-state index in [9.17, 15) is 4.79 Å². The molecule has 1 N–H and O–H groups in total. The van der Waals surface area contributed by atoms with Crippen molar-refractivity contribution in [3.8, 4) is 22.9 Å². The number of nitrogens with zero attached hydrogens (tertiary/aromatic N) is 2. The maximum atomic E-state index is 12.3. The Morgan fingerprint density at radius 3 is 2.50 bits per heavy atom. The van der Waals surface area contributed by atoms with E-state index in [0.717, 1.165) is 21.6 Å². The number of nitrogens with one attached hydrogen (secondary N) is 1. The van der Waals surface area contributed by atoms with Gasteiger partial charge in [0.25, 0.3) is 0 Å². The minimum absolute atomic E-state index is 0.0659. The molecule has 0 aliphatic rings. The number of carbonyl (C=O) groups excluding carboxylic acids is 1. The van der Waals surface area contributed by atoms with Gasteiger partial charge in [0.1, 0.15) is 0 Å². The van der Waals surface area contributed by atoms with E-state index >= 15 is 0 Å². The Hall–Kier alpha value is -3.38. The van der Waals surface area contributed by atoms with Gasteiger partial charge in [-0.3, -0.25) is 4.79 Å². The predicted octanol–water partition coefficient (Wildman–Crippen LogP) is 5.75. The van der Waals surface area contributed by atoms with Crippen LogP contribution >= 0.6 is 11.8 Å². The summed E-state index contributed by atoms with van der Waals surface area (Å²) in [5.74, 6) is 1.17. The Morgan fingerprint density at radius 2 is 1.70 bits per heavy atom. The highest BCUT2D eigenvalue weighted by molar-refractivity contribution is 8.00. The second-order valence-electron chi connectivity index (χ2n) is 6.96. The van der Waals surface area contributed by atoms with Crippen LogP contribution in [-0.4, -0.2) is 21.9 Å². The number of aryl methyl sites for hydroxylation is 2. The van der Waals surface area contributed by atoms with Crippen molar-refractivity contribution in [3.05, 3.63) is 83.9 Å². The molecule has 0 fully saturated rings. The molecule has 1 heterocycles. The first-order chi connectivity index (χ1) is 14.6. The summed E-state index contributed by atoms with van der Waals surface area (Å²) >= 11 is 1.51. The first kappa shape index (κ1) is 19.9. The number of thioether (sulfide) groups is 1. The van der Waals surface area contributed by atoms with Crippen LogP contribution in [0.4, 0.5) is 5.69 Å². The molecular weight excluding hydrogens is 394 g/mol. The average molecular weight is 416 g/mol. The molecule has 0 radical (unpaired) electrons. The highest BCUT2D eigenvalue weighted by Gasteiger charge is 2.13. The third-order valence-electron chi connectivity index (χ3n) is 4.58. The maximum absolute atomic E-state index is 12.3. The van der Waals surface area contributed by atoms with Crippen molar-refractivity contribution in [1.29, 1.82) is 0 Å². The van der Waals surface area contributed by atoms with Gasteiger partial charge in [-0.05, 0) is 55.8 Å². The molecule has 0 saturated carbocycles. The molecule has 4 aromatic rings. The van der Waals surface area contributed by atoms with E-state index in [1.165, 1.54) is 17.3 Å². The van der Waals surface area contributed by atoms with E-state index in [4.69, 9.17) is 4.42 Å². The van der Waals surface area contributed by atoms with Crippen molar-refractivity contribution in [2.24, 2.45) is 0 Å². The predicted molar refractivity (Wildman–Crippen MR) is 120 cm³/mol. The van der Waals surface area contributed by atoms with Crippen molar-refractivity contribution in [2.75, 3.05) is 11.1 Å². The lowest BCUT2D eigenvalue weighted by Crippen LogP contribution is -2.13. The van der Waals surface area contributed by atoms with Gasteiger partial charge in [-0.1, -0.05) is 42.0 Å². The fourth-order valence-corrected chi connectivity index (χ4v) is 3.67. The number of amides is 1. The number of hydrogen-bond acceptors (Lipinski definition) is 5. The molecule has 1 amide bonds. The zero-order chi connectivity index (χ0) is 20.9. The third kappa shape index (κ3) is 4.78. The smallest absolute Gasteiger partial charge is 0.248 e. The van der Waals surface area contributed by atoms with Gasteiger partial charge < -0.3 is 9.73 Å². The Balaban J connectivity index is 1.43. The van der Waals surface area contributed by atoms with Crippen LogP contribution in [0, 0.1) is 13.8 Å². The molecule has 0 atom stereocenters. The summed E-state index contributed by atoms with van der Waals surface area (Å²) in [5, 5.41) is 11.3. The molecule has 150 valence electrons. The van der Waals surface area contributed by atoms with Gasteiger partial charge in [0.2, 0.25) is 17.7 Å². The van der Waals surface area contributed by atoms with Crippen molar-refractivity contribution in [3.63, 3.8) is 0 Å². The van der Waals surface area contributed by atoms with E-state index in [1.54, 1.807) is 0 Å². The molecule has 0 saturated heterocycles. The lowest BCUT2D eigenvalue weighted by Gasteiger charge is -2.06. The van der Waals surface area contributed by atoms with Gasteiger partial charge in [-0.15, -0.1) is 22.0 Å². The zero-order valence-electron chi connectivity index (χ0n) is 16.8. The largest absolute Gasteiger partial charge is 0.416 e. The summed E-state index contributed by atoms with van der Waals surface area (Å²) in [6, 6.07) is 23.4. The normalized spacial score (nSPS) is 10.7. The molecule has 4 rings (SSSR count). The summed E-state index contributed by atoms with van der Waals surface area (Å²) in [6.45, 7) is 4.05. The van der Waals surface area contributed by atoms with E-state index < -0.39 is 0 Å². The summed E-state index contributed by atoms with van der Waals surface area (Å²) in [4.78, 5) is 13.4. The summed E-state index contributed by atoms with van der Waals surface area (Å²) < 4.78 is 5.87. The first-order valence-electron chi connectivity index (χ1n) is 9.58. The molecule has 3 aromatic carbocycles. The Kier molecular flexibility index (Phi) is 5.95. The van der Waals surface area contributed by atoms with Gasteiger partial charge in [0.05, 0.1) is 5.75 Å². The summed E-state index contributed by atoms with van der Waals surface area (Å²) in [5.41, 5.74) is 4.63.